The van der Waals surface area contributed by atoms with Crippen molar-refractivity contribution in [3.05, 3.63) is 106 Å². The highest BCUT2D eigenvalue weighted by molar-refractivity contribution is 5.99. The summed E-state index contributed by atoms with van der Waals surface area (Å²) in [5.41, 5.74) is 4.77. The highest BCUT2D eigenvalue weighted by Crippen LogP contribution is 2.41. The van der Waals surface area contributed by atoms with Crippen molar-refractivity contribution >= 4 is 23.3 Å². The molecule has 3 aromatic rings. The summed E-state index contributed by atoms with van der Waals surface area (Å²) in [7, 11) is 0. The zero-order valence-corrected chi connectivity index (χ0v) is 17.7. The van der Waals surface area contributed by atoms with Crippen LogP contribution in [0.25, 0.3) is 23.3 Å². The van der Waals surface area contributed by atoms with E-state index in [0.717, 1.165) is 47.0 Å². The number of aromatic amines is 1. The Kier molecular flexibility index (Phi) is 5.92. The molecule has 1 aliphatic carbocycles. The van der Waals surface area contributed by atoms with Gasteiger partial charge in [0.2, 0.25) is 0 Å². The first-order valence-electron chi connectivity index (χ1n) is 10.5. The highest BCUT2D eigenvalue weighted by Gasteiger charge is 2.35. The first-order valence-corrected chi connectivity index (χ1v) is 10.5. The summed E-state index contributed by atoms with van der Waals surface area (Å²) in [4.78, 5) is 3.39. The lowest BCUT2D eigenvalue weighted by molar-refractivity contribution is -0.138. The van der Waals surface area contributed by atoms with E-state index in [-0.39, 0.29) is 5.56 Å². The highest BCUT2D eigenvalue weighted by atomic mass is 19.4. The molecule has 0 aliphatic heterocycles. The largest absolute Gasteiger partial charge is 0.417 e. The molecule has 1 aliphatic rings. The second kappa shape index (κ2) is 8.65. The van der Waals surface area contributed by atoms with Gasteiger partial charge >= 0.3 is 6.18 Å². The van der Waals surface area contributed by atoms with Crippen LogP contribution in [0.15, 0.2) is 61.2 Å². The lowest BCUT2D eigenvalue weighted by atomic mass is 9.88. The normalized spacial score (nSPS) is 14.2. The minimum Gasteiger partial charge on any atom is -0.355 e. The molecule has 0 amide bonds. The molecule has 1 aromatic heterocycles. The van der Waals surface area contributed by atoms with Gasteiger partial charge in [-0.3, -0.25) is 0 Å². The van der Waals surface area contributed by atoms with Crippen LogP contribution in [-0.4, -0.2) is 4.98 Å². The molecule has 0 saturated heterocycles. The van der Waals surface area contributed by atoms with Crippen molar-refractivity contribution in [2.75, 3.05) is 0 Å². The molecule has 4 rings (SSSR count). The lowest BCUT2D eigenvalue weighted by Gasteiger charge is -2.19. The third-order valence-corrected chi connectivity index (χ3v) is 5.77. The van der Waals surface area contributed by atoms with E-state index < -0.39 is 17.6 Å². The molecule has 2 aromatic carbocycles. The number of halogens is 4. The molecular weight excluding hydrogens is 414 g/mol. The topological polar surface area (TPSA) is 15.8 Å². The zero-order valence-electron chi connectivity index (χ0n) is 17.7. The van der Waals surface area contributed by atoms with E-state index in [1.165, 1.54) is 6.07 Å². The summed E-state index contributed by atoms with van der Waals surface area (Å²) in [5.74, 6) is -0.908. The monoisotopic (exact) mass is 437 g/mol. The number of hydrogen-bond donors (Lipinski definition) is 1. The van der Waals surface area contributed by atoms with Crippen molar-refractivity contribution in [2.24, 2.45) is 0 Å². The third kappa shape index (κ3) is 4.20. The Hall–Kier alpha value is -3.34. The van der Waals surface area contributed by atoms with E-state index in [2.05, 4.69) is 17.6 Å². The molecule has 0 atom stereocenters. The van der Waals surface area contributed by atoms with Gasteiger partial charge < -0.3 is 4.98 Å². The first kappa shape index (κ1) is 21.9. The fourth-order valence-corrected chi connectivity index (χ4v) is 4.24. The number of hydrogen-bond acceptors (Lipinski definition) is 0. The standard InChI is InChI=1S/C27H23F4N/c1-3-17-9-11-18(12-10-17)26(25-15-19-7-5-6-8-24(19)32-25)21(4-2)22-14-13-20(28)16-23(22)27(29,30)31/h3,6,8-16,32H,1,4-5,7H2,2H3/b26-21+. The Bertz CT molecular complexity index is 1210. The zero-order chi connectivity index (χ0) is 22.9. The lowest BCUT2D eigenvalue weighted by Crippen LogP contribution is -2.10. The number of H-pyrrole nitrogens is 1. The number of fused-ring (bicyclic) bond motifs is 1. The summed E-state index contributed by atoms with van der Waals surface area (Å²) >= 11 is 0. The summed E-state index contributed by atoms with van der Waals surface area (Å²) in [6.07, 6.45) is 3.26. The maximum atomic E-state index is 13.9. The van der Waals surface area contributed by atoms with Crippen LogP contribution in [0.3, 0.4) is 0 Å². The Morgan fingerprint density at radius 1 is 1.09 bits per heavy atom. The second-order valence-corrected chi connectivity index (χ2v) is 7.78. The molecule has 0 fully saturated rings. The van der Waals surface area contributed by atoms with Crippen molar-refractivity contribution < 1.29 is 17.6 Å². The van der Waals surface area contributed by atoms with Gasteiger partial charge in [-0.1, -0.05) is 56.0 Å². The fourth-order valence-electron chi connectivity index (χ4n) is 4.24. The summed E-state index contributed by atoms with van der Waals surface area (Å²) in [5, 5.41) is 0. The van der Waals surface area contributed by atoms with Crippen LogP contribution >= 0.6 is 0 Å². The van der Waals surface area contributed by atoms with Gasteiger partial charge in [-0.2, -0.15) is 13.2 Å². The van der Waals surface area contributed by atoms with Crippen molar-refractivity contribution in [3.8, 4) is 0 Å². The van der Waals surface area contributed by atoms with Crippen LogP contribution in [0.5, 0.6) is 0 Å². The van der Waals surface area contributed by atoms with Crippen molar-refractivity contribution in [3.63, 3.8) is 0 Å². The quantitative estimate of drug-likeness (QED) is 0.306. The molecule has 1 N–H and O–H groups in total. The van der Waals surface area contributed by atoms with Gasteiger partial charge in [0.1, 0.15) is 5.82 Å². The smallest absolute Gasteiger partial charge is 0.355 e. The SMILES string of the molecule is C=Cc1ccc(/C(=C(/CC)c2ccc(F)cc2C(F)(F)F)c2cc3c([nH]2)C=CCC3)cc1. The Balaban J connectivity index is 2.02. The third-order valence-electron chi connectivity index (χ3n) is 5.77. The van der Waals surface area contributed by atoms with Crippen molar-refractivity contribution in [1.29, 1.82) is 0 Å². The molecule has 0 bridgehead atoms. The van der Waals surface area contributed by atoms with E-state index in [1.54, 1.807) is 6.08 Å². The molecule has 164 valence electrons. The average Bonchev–Trinajstić information content (AvgIpc) is 3.21. The van der Waals surface area contributed by atoms with Gasteiger partial charge in [-0.15, -0.1) is 0 Å². The Morgan fingerprint density at radius 3 is 2.47 bits per heavy atom. The van der Waals surface area contributed by atoms with Gasteiger partial charge in [-0.25, -0.2) is 4.39 Å². The summed E-state index contributed by atoms with van der Waals surface area (Å²) in [6.45, 7) is 5.59. The van der Waals surface area contributed by atoms with Gasteiger partial charge in [0, 0.05) is 17.0 Å². The van der Waals surface area contributed by atoms with Crippen molar-refractivity contribution in [1.82, 2.24) is 4.98 Å². The van der Waals surface area contributed by atoms with Crippen molar-refractivity contribution in [2.45, 2.75) is 32.4 Å². The first-order chi connectivity index (χ1) is 15.3. The molecule has 1 heterocycles. The Morgan fingerprint density at radius 2 is 1.84 bits per heavy atom. The number of aromatic nitrogens is 1. The minimum atomic E-state index is -4.67. The van der Waals surface area contributed by atoms with Gasteiger partial charge in [-0.05, 0) is 71.4 Å². The number of aryl methyl sites for hydroxylation is 1. The molecule has 0 unspecified atom stereocenters. The van der Waals surface area contributed by atoms with Crippen LogP contribution < -0.4 is 0 Å². The predicted octanol–water partition coefficient (Wildman–Crippen LogP) is 8.14. The average molecular weight is 437 g/mol. The van der Waals surface area contributed by atoms with E-state index in [4.69, 9.17) is 0 Å². The fraction of sp³-hybridized carbons (Fsp3) is 0.185. The summed E-state index contributed by atoms with van der Waals surface area (Å²) < 4.78 is 55.4. The number of alkyl halides is 3. The summed E-state index contributed by atoms with van der Waals surface area (Å²) in [6, 6.07) is 12.4. The van der Waals surface area contributed by atoms with Gasteiger partial charge in [0.05, 0.1) is 5.56 Å². The Labute approximate surface area is 184 Å². The molecule has 1 nitrogen and oxygen atoms in total. The molecule has 32 heavy (non-hydrogen) atoms. The van der Waals surface area contributed by atoms with Crippen LogP contribution in [0, 0.1) is 5.82 Å². The predicted molar refractivity (Wildman–Crippen MR) is 122 cm³/mol. The van der Waals surface area contributed by atoms with E-state index in [0.29, 0.717) is 23.6 Å². The molecule has 0 radical (unpaired) electrons. The van der Waals surface area contributed by atoms with Crippen LogP contribution in [0.1, 0.15) is 59.0 Å². The second-order valence-electron chi connectivity index (χ2n) is 7.78. The van der Waals surface area contributed by atoms with Crippen LogP contribution in [0.4, 0.5) is 17.6 Å². The number of nitrogens with one attached hydrogen (secondary N) is 1. The molecule has 5 heteroatoms. The van der Waals surface area contributed by atoms with Crippen LogP contribution in [0.2, 0.25) is 0 Å². The number of rotatable bonds is 5. The molecule has 0 saturated carbocycles. The maximum absolute atomic E-state index is 13.9. The van der Waals surface area contributed by atoms with Gasteiger partial charge in [0.15, 0.2) is 0 Å². The number of benzene rings is 2. The number of allylic oxidation sites excluding steroid dienone is 2. The maximum Gasteiger partial charge on any atom is 0.417 e. The van der Waals surface area contributed by atoms with E-state index in [9.17, 15) is 17.6 Å². The van der Waals surface area contributed by atoms with E-state index >= 15 is 0 Å². The molecule has 0 spiro atoms. The van der Waals surface area contributed by atoms with Crippen LogP contribution in [-0.2, 0) is 12.6 Å². The molecular formula is C27H23F4N. The van der Waals surface area contributed by atoms with E-state index in [1.807, 2.05) is 43.3 Å². The minimum absolute atomic E-state index is 0.00712. The van der Waals surface area contributed by atoms with Gasteiger partial charge in [0.25, 0.3) is 0 Å².